The van der Waals surface area contributed by atoms with Crippen molar-refractivity contribution >= 4 is 11.8 Å². The van der Waals surface area contributed by atoms with Crippen molar-refractivity contribution in [3.8, 4) is 0 Å². The number of ketones is 1. The average Bonchev–Trinajstić information content (AvgIpc) is 3.08. The number of hydrogen-bond acceptors (Lipinski definition) is 3. The van der Waals surface area contributed by atoms with Gasteiger partial charge in [-0.05, 0) is 62.4 Å². The van der Waals surface area contributed by atoms with Gasteiger partial charge >= 0.3 is 5.97 Å². The molecule has 3 rings (SSSR count). The SMILES string of the molecule is C1=CC2C3CCC(C3)C2C1.COC(=O)C=CC(C)=O. The van der Waals surface area contributed by atoms with Crippen LogP contribution in [0.1, 0.15) is 32.6 Å². The fraction of sp³-hybridized carbons (Fsp3) is 0.625. The lowest BCUT2D eigenvalue weighted by Gasteiger charge is -2.23. The first kappa shape index (κ1) is 14.0. The summed E-state index contributed by atoms with van der Waals surface area (Å²) in [5, 5.41) is 0. The number of esters is 1. The van der Waals surface area contributed by atoms with Gasteiger partial charge in [0, 0.05) is 6.08 Å². The van der Waals surface area contributed by atoms with Crippen molar-refractivity contribution in [2.45, 2.75) is 32.6 Å². The lowest BCUT2D eigenvalue weighted by atomic mass is 9.82. The smallest absolute Gasteiger partial charge is 0.330 e. The van der Waals surface area contributed by atoms with Crippen molar-refractivity contribution in [2.24, 2.45) is 23.7 Å². The van der Waals surface area contributed by atoms with Gasteiger partial charge in [0.25, 0.3) is 0 Å². The predicted molar refractivity (Wildman–Crippen MR) is 73.4 cm³/mol. The van der Waals surface area contributed by atoms with Crippen LogP contribution in [0, 0.1) is 23.7 Å². The molecule has 0 radical (unpaired) electrons. The molecular formula is C16H22O3. The first-order chi connectivity index (χ1) is 9.11. The quantitative estimate of drug-likeness (QED) is 0.436. The van der Waals surface area contributed by atoms with Crippen LogP contribution in [0.5, 0.6) is 0 Å². The summed E-state index contributed by atoms with van der Waals surface area (Å²) in [7, 11) is 1.26. The second-order valence-corrected chi connectivity index (χ2v) is 5.71. The zero-order chi connectivity index (χ0) is 13.8. The summed E-state index contributed by atoms with van der Waals surface area (Å²) < 4.78 is 4.22. The van der Waals surface area contributed by atoms with Crippen LogP contribution in [0.3, 0.4) is 0 Å². The molecule has 0 N–H and O–H groups in total. The number of carbonyl (C=O) groups is 2. The molecule has 2 bridgehead atoms. The lowest BCUT2D eigenvalue weighted by molar-refractivity contribution is -0.135. The van der Waals surface area contributed by atoms with E-state index in [-0.39, 0.29) is 5.78 Å². The van der Waals surface area contributed by atoms with Gasteiger partial charge in [-0.3, -0.25) is 4.79 Å². The van der Waals surface area contributed by atoms with Crippen molar-refractivity contribution in [3.63, 3.8) is 0 Å². The van der Waals surface area contributed by atoms with Crippen LogP contribution in [0.15, 0.2) is 24.3 Å². The minimum Gasteiger partial charge on any atom is -0.466 e. The summed E-state index contributed by atoms with van der Waals surface area (Å²) in [5.41, 5.74) is 0. The van der Waals surface area contributed by atoms with E-state index in [1.165, 1.54) is 26.9 Å². The summed E-state index contributed by atoms with van der Waals surface area (Å²) in [6, 6.07) is 0. The van der Waals surface area contributed by atoms with Crippen LogP contribution in [-0.4, -0.2) is 18.9 Å². The normalized spacial score (nSPS) is 34.0. The zero-order valence-corrected chi connectivity index (χ0v) is 11.7. The molecule has 0 aromatic rings. The van der Waals surface area contributed by atoms with E-state index in [2.05, 4.69) is 16.9 Å². The van der Waals surface area contributed by atoms with E-state index in [1.807, 2.05) is 0 Å². The number of carbonyl (C=O) groups excluding carboxylic acids is 2. The molecule has 0 spiro atoms. The van der Waals surface area contributed by atoms with Crippen molar-refractivity contribution in [2.75, 3.05) is 7.11 Å². The van der Waals surface area contributed by atoms with Gasteiger partial charge in [0.15, 0.2) is 5.78 Å². The highest BCUT2D eigenvalue weighted by atomic mass is 16.5. The third-order valence-corrected chi connectivity index (χ3v) is 4.58. The molecule has 0 amide bonds. The molecule has 4 atom stereocenters. The Morgan fingerprint density at radius 2 is 1.95 bits per heavy atom. The zero-order valence-electron chi connectivity index (χ0n) is 11.7. The highest BCUT2D eigenvalue weighted by Crippen LogP contribution is 2.56. The number of methoxy groups -OCH3 is 1. The molecular weight excluding hydrogens is 240 g/mol. The molecule has 2 saturated carbocycles. The number of fused-ring (bicyclic) bond motifs is 5. The van der Waals surface area contributed by atoms with Crippen LogP contribution in [0.25, 0.3) is 0 Å². The molecule has 2 fully saturated rings. The molecule has 0 aliphatic heterocycles. The van der Waals surface area contributed by atoms with Crippen LogP contribution in [0.2, 0.25) is 0 Å². The topological polar surface area (TPSA) is 43.4 Å². The van der Waals surface area contributed by atoms with Crippen molar-refractivity contribution in [3.05, 3.63) is 24.3 Å². The van der Waals surface area contributed by atoms with E-state index in [0.29, 0.717) is 0 Å². The Morgan fingerprint density at radius 3 is 2.58 bits per heavy atom. The molecule has 0 saturated heterocycles. The Morgan fingerprint density at radius 1 is 1.21 bits per heavy atom. The average molecular weight is 262 g/mol. The fourth-order valence-electron chi connectivity index (χ4n) is 3.75. The second kappa shape index (κ2) is 6.18. The molecule has 3 heteroatoms. The molecule has 104 valence electrons. The maximum absolute atomic E-state index is 10.3. The summed E-state index contributed by atoms with van der Waals surface area (Å²) in [6.45, 7) is 1.36. The maximum atomic E-state index is 10.3. The number of ether oxygens (including phenoxy) is 1. The first-order valence-corrected chi connectivity index (χ1v) is 7.05. The van der Waals surface area contributed by atoms with E-state index >= 15 is 0 Å². The molecule has 3 nitrogen and oxygen atoms in total. The van der Waals surface area contributed by atoms with E-state index in [4.69, 9.17) is 0 Å². The van der Waals surface area contributed by atoms with Gasteiger partial charge < -0.3 is 4.74 Å². The minimum absolute atomic E-state index is 0.166. The fourth-order valence-corrected chi connectivity index (χ4v) is 3.75. The second-order valence-electron chi connectivity index (χ2n) is 5.71. The van der Waals surface area contributed by atoms with Crippen molar-refractivity contribution < 1.29 is 14.3 Å². The number of hydrogen-bond donors (Lipinski definition) is 0. The van der Waals surface area contributed by atoms with Crippen molar-refractivity contribution in [1.82, 2.24) is 0 Å². The number of rotatable bonds is 2. The molecule has 19 heavy (non-hydrogen) atoms. The standard InChI is InChI=1S/C10H14.C6H8O3/c1-2-9-7-4-5-8(6-7)10(9)3-1;1-5(7)3-4-6(8)9-2/h1-2,7-10H,3-6H2;3-4H,1-2H3. The molecule has 3 aliphatic rings. The molecule has 0 aromatic carbocycles. The molecule has 4 unspecified atom stereocenters. The summed E-state index contributed by atoms with van der Waals surface area (Å²) in [6.07, 6.45) is 13.2. The Hall–Kier alpha value is -1.38. The number of allylic oxidation sites excluding steroid dienone is 3. The van der Waals surface area contributed by atoms with Gasteiger partial charge in [-0.25, -0.2) is 4.79 Å². The van der Waals surface area contributed by atoms with Crippen LogP contribution in [-0.2, 0) is 14.3 Å². The van der Waals surface area contributed by atoms with E-state index in [0.717, 1.165) is 35.8 Å². The van der Waals surface area contributed by atoms with Crippen LogP contribution >= 0.6 is 0 Å². The van der Waals surface area contributed by atoms with Gasteiger partial charge in [-0.15, -0.1) is 0 Å². The Balaban J connectivity index is 0.000000142. The third-order valence-electron chi connectivity index (χ3n) is 4.58. The highest BCUT2D eigenvalue weighted by Gasteiger charge is 2.47. The minimum atomic E-state index is -0.509. The van der Waals surface area contributed by atoms with E-state index in [9.17, 15) is 9.59 Å². The van der Waals surface area contributed by atoms with Gasteiger partial charge in [0.05, 0.1) is 7.11 Å². The monoisotopic (exact) mass is 262 g/mol. The summed E-state index contributed by atoms with van der Waals surface area (Å²) >= 11 is 0. The van der Waals surface area contributed by atoms with Gasteiger partial charge in [0.2, 0.25) is 0 Å². The Bertz CT molecular complexity index is 408. The van der Waals surface area contributed by atoms with Gasteiger partial charge in [0.1, 0.15) is 0 Å². The van der Waals surface area contributed by atoms with Gasteiger partial charge in [-0.1, -0.05) is 12.2 Å². The third kappa shape index (κ3) is 3.34. The predicted octanol–water partition coefficient (Wildman–Crippen LogP) is 2.91. The molecule has 3 aliphatic carbocycles. The van der Waals surface area contributed by atoms with E-state index < -0.39 is 5.97 Å². The van der Waals surface area contributed by atoms with Gasteiger partial charge in [-0.2, -0.15) is 0 Å². The van der Waals surface area contributed by atoms with Crippen molar-refractivity contribution in [1.29, 1.82) is 0 Å². The molecule has 0 aromatic heterocycles. The molecule has 0 heterocycles. The largest absolute Gasteiger partial charge is 0.466 e. The Labute approximate surface area is 114 Å². The first-order valence-electron chi connectivity index (χ1n) is 7.05. The van der Waals surface area contributed by atoms with Crippen LogP contribution in [0.4, 0.5) is 0 Å². The maximum Gasteiger partial charge on any atom is 0.330 e. The van der Waals surface area contributed by atoms with E-state index in [1.54, 1.807) is 12.8 Å². The summed E-state index contributed by atoms with van der Waals surface area (Å²) in [4.78, 5) is 20.4. The summed E-state index contributed by atoms with van der Waals surface area (Å²) in [5.74, 6) is 3.68. The lowest BCUT2D eigenvalue weighted by Crippen LogP contribution is -2.16. The highest BCUT2D eigenvalue weighted by molar-refractivity contribution is 5.94. The van der Waals surface area contributed by atoms with Crippen LogP contribution < -0.4 is 0 Å². The Kier molecular flexibility index (Phi) is 4.56.